The molecule has 4 N–H and O–H groups in total. The molecule has 0 bridgehead atoms. The lowest BCUT2D eigenvalue weighted by atomic mass is 10.4. The van der Waals surface area contributed by atoms with Crippen LogP contribution in [0.4, 0.5) is 0 Å². The maximum atomic E-state index is 8.47. The Kier molecular flexibility index (Phi) is 5.27. The van der Waals surface area contributed by atoms with Crippen LogP contribution in [0.5, 0.6) is 0 Å². The Bertz CT molecular complexity index is 105. The molecule has 0 amide bonds. The molecule has 12 heavy (non-hydrogen) atoms. The van der Waals surface area contributed by atoms with E-state index in [1.807, 2.05) is 0 Å². The molecule has 1 heterocycles. The first-order valence-electron chi connectivity index (χ1n) is 4.77. The molecule has 1 saturated heterocycles. The van der Waals surface area contributed by atoms with Gasteiger partial charge in [-0.3, -0.25) is 0 Å². The summed E-state index contributed by atoms with van der Waals surface area (Å²) in [4.78, 5) is 1.63. The average molecular weight is 176 g/mol. The van der Waals surface area contributed by atoms with E-state index < -0.39 is 0 Å². The molecule has 0 atom stereocenters. The molecular formula is C8H20N2O2+2. The summed E-state index contributed by atoms with van der Waals surface area (Å²) in [6, 6.07) is 0. The zero-order valence-electron chi connectivity index (χ0n) is 7.59. The van der Waals surface area contributed by atoms with Gasteiger partial charge in [0.05, 0.1) is 19.8 Å². The molecule has 1 rings (SSSR count). The molecule has 0 unspecified atom stereocenters. The summed E-state index contributed by atoms with van der Waals surface area (Å²) >= 11 is 0. The van der Waals surface area contributed by atoms with E-state index in [9.17, 15) is 0 Å². The molecule has 0 aromatic rings. The number of nitrogens with two attached hydrogens (primary N) is 1. The molecule has 0 radical (unpaired) electrons. The van der Waals surface area contributed by atoms with Crippen LogP contribution >= 0.6 is 0 Å². The van der Waals surface area contributed by atoms with Crippen molar-refractivity contribution in [1.82, 2.24) is 0 Å². The summed E-state index contributed by atoms with van der Waals surface area (Å²) < 4.78 is 5.20. The van der Waals surface area contributed by atoms with Crippen molar-refractivity contribution in [2.75, 3.05) is 52.5 Å². The van der Waals surface area contributed by atoms with Crippen LogP contribution in [0.15, 0.2) is 0 Å². The van der Waals surface area contributed by atoms with E-state index in [0.717, 1.165) is 13.2 Å². The zero-order valence-corrected chi connectivity index (χ0v) is 7.59. The number of nitrogens with one attached hydrogen (secondary N) is 1. The highest BCUT2D eigenvalue weighted by molar-refractivity contribution is 4.35. The van der Waals surface area contributed by atoms with Crippen LogP contribution in [-0.4, -0.2) is 57.7 Å². The van der Waals surface area contributed by atoms with E-state index in [1.54, 1.807) is 4.90 Å². The maximum Gasteiger partial charge on any atom is 0.127 e. The van der Waals surface area contributed by atoms with Crippen molar-refractivity contribution < 1.29 is 20.1 Å². The van der Waals surface area contributed by atoms with E-state index in [2.05, 4.69) is 5.32 Å². The molecule has 1 fully saturated rings. The van der Waals surface area contributed by atoms with Gasteiger partial charge in [-0.05, 0) is 0 Å². The molecule has 4 heteroatoms. The van der Waals surface area contributed by atoms with Gasteiger partial charge in [0.25, 0.3) is 0 Å². The van der Waals surface area contributed by atoms with Crippen LogP contribution in [-0.2, 0) is 4.74 Å². The fourth-order valence-corrected chi connectivity index (χ4v) is 1.51. The second kappa shape index (κ2) is 6.37. The molecule has 0 spiro atoms. The van der Waals surface area contributed by atoms with Gasteiger partial charge in [0.15, 0.2) is 0 Å². The standard InChI is InChI=1S/C8H18N2O2/c11-6-8-12-7-5-10-3-1-9-2-4-10/h9,11H,1-8H2/p+2. The van der Waals surface area contributed by atoms with E-state index >= 15 is 0 Å². The fourth-order valence-electron chi connectivity index (χ4n) is 1.51. The lowest BCUT2D eigenvalue weighted by Crippen LogP contribution is -3.20. The molecule has 1 aliphatic heterocycles. The minimum atomic E-state index is 0.142. The van der Waals surface area contributed by atoms with Crippen LogP contribution < -0.4 is 10.2 Å². The van der Waals surface area contributed by atoms with Crippen molar-refractivity contribution in [1.29, 1.82) is 0 Å². The summed E-state index contributed by atoms with van der Waals surface area (Å²) in [6.45, 7) is 7.50. The monoisotopic (exact) mass is 176 g/mol. The minimum absolute atomic E-state index is 0.142. The number of ether oxygens (including phenoxy) is 1. The van der Waals surface area contributed by atoms with Gasteiger partial charge in [-0.2, -0.15) is 0 Å². The van der Waals surface area contributed by atoms with Crippen molar-refractivity contribution in [3.63, 3.8) is 0 Å². The predicted octanol–water partition coefficient (Wildman–Crippen LogP) is -3.54. The van der Waals surface area contributed by atoms with Crippen LogP contribution in [0.2, 0.25) is 0 Å². The van der Waals surface area contributed by atoms with Crippen molar-refractivity contribution in [2.24, 2.45) is 0 Å². The summed E-state index contributed by atoms with van der Waals surface area (Å²) in [5, 5.41) is 10.8. The number of rotatable bonds is 5. The number of piperazine rings is 1. The van der Waals surface area contributed by atoms with Crippen molar-refractivity contribution in [3.8, 4) is 0 Å². The van der Waals surface area contributed by atoms with Crippen molar-refractivity contribution in [2.45, 2.75) is 0 Å². The Morgan fingerprint density at radius 3 is 2.67 bits per heavy atom. The van der Waals surface area contributed by atoms with Crippen LogP contribution in [0.1, 0.15) is 0 Å². The topological polar surface area (TPSA) is 50.5 Å². The van der Waals surface area contributed by atoms with E-state index in [1.165, 1.54) is 26.2 Å². The van der Waals surface area contributed by atoms with Crippen LogP contribution in [0.3, 0.4) is 0 Å². The number of hydrogen-bond acceptors (Lipinski definition) is 2. The third kappa shape index (κ3) is 4.01. The molecular weight excluding hydrogens is 156 g/mol. The molecule has 72 valence electrons. The Labute approximate surface area is 73.5 Å². The van der Waals surface area contributed by atoms with Crippen LogP contribution in [0, 0.1) is 0 Å². The lowest BCUT2D eigenvalue weighted by Gasteiger charge is -2.21. The highest BCUT2D eigenvalue weighted by Crippen LogP contribution is 1.68. The highest BCUT2D eigenvalue weighted by atomic mass is 16.5. The van der Waals surface area contributed by atoms with E-state index in [4.69, 9.17) is 9.84 Å². The second-order valence-corrected chi connectivity index (χ2v) is 3.20. The summed E-state index contributed by atoms with van der Waals surface area (Å²) in [5.41, 5.74) is 0. The second-order valence-electron chi connectivity index (χ2n) is 3.20. The van der Waals surface area contributed by atoms with Gasteiger partial charge >= 0.3 is 0 Å². The van der Waals surface area contributed by atoms with Gasteiger partial charge in [0, 0.05) is 0 Å². The SMILES string of the molecule is OCCOCC[NH+]1CC[NH2+]CC1. The molecule has 0 aromatic heterocycles. The first kappa shape index (κ1) is 9.92. The third-order valence-electron chi connectivity index (χ3n) is 2.24. The highest BCUT2D eigenvalue weighted by Gasteiger charge is 2.14. The van der Waals surface area contributed by atoms with Gasteiger partial charge in [0.1, 0.15) is 32.7 Å². The smallest absolute Gasteiger partial charge is 0.127 e. The molecule has 4 nitrogen and oxygen atoms in total. The Hall–Kier alpha value is -0.160. The molecule has 1 aliphatic rings. The van der Waals surface area contributed by atoms with Gasteiger partial charge < -0.3 is 20.1 Å². The number of hydrogen-bond donors (Lipinski definition) is 3. The minimum Gasteiger partial charge on any atom is -0.394 e. The van der Waals surface area contributed by atoms with E-state index in [0.29, 0.717) is 6.61 Å². The molecule has 0 aliphatic carbocycles. The van der Waals surface area contributed by atoms with Gasteiger partial charge in [-0.25, -0.2) is 0 Å². The molecule has 0 aromatic carbocycles. The van der Waals surface area contributed by atoms with Gasteiger partial charge in [0.2, 0.25) is 0 Å². The summed E-state index contributed by atoms with van der Waals surface area (Å²) in [7, 11) is 0. The first-order chi connectivity index (χ1) is 5.93. The lowest BCUT2D eigenvalue weighted by molar-refractivity contribution is -0.947. The number of aliphatic hydroxyl groups excluding tert-OH is 1. The average Bonchev–Trinajstić information content (AvgIpc) is 2.14. The third-order valence-corrected chi connectivity index (χ3v) is 2.24. The Morgan fingerprint density at radius 1 is 1.25 bits per heavy atom. The van der Waals surface area contributed by atoms with Gasteiger partial charge in [-0.15, -0.1) is 0 Å². The quantitative estimate of drug-likeness (QED) is 0.380. The zero-order chi connectivity index (χ0) is 8.65. The Balaban J connectivity index is 1.91. The summed E-state index contributed by atoms with van der Waals surface area (Å²) in [6.07, 6.45) is 0. The van der Waals surface area contributed by atoms with Crippen LogP contribution in [0.25, 0.3) is 0 Å². The predicted molar refractivity (Wildman–Crippen MR) is 45.1 cm³/mol. The van der Waals surface area contributed by atoms with Crippen molar-refractivity contribution in [3.05, 3.63) is 0 Å². The number of quaternary nitrogens is 2. The van der Waals surface area contributed by atoms with Crippen molar-refractivity contribution >= 4 is 0 Å². The normalized spacial score (nSPS) is 19.8. The molecule has 0 saturated carbocycles. The summed E-state index contributed by atoms with van der Waals surface area (Å²) in [5.74, 6) is 0. The Morgan fingerprint density at radius 2 is 2.00 bits per heavy atom. The van der Waals surface area contributed by atoms with E-state index in [-0.39, 0.29) is 6.61 Å². The largest absolute Gasteiger partial charge is 0.394 e. The first-order valence-corrected chi connectivity index (χ1v) is 4.77. The maximum absolute atomic E-state index is 8.47. The number of aliphatic hydroxyl groups is 1. The van der Waals surface area contributed by atoms with Gasteiger partial charge in [-0.1, -0.05) is 0 Å². The fraction of sp³-hybridized carbons (Fsp3) is 1.00.